The maximum Gasteiger partial charge on any atom is 0.405 e. The Morgan fingerprint density at radius 3 is 2.51 bits per heavy atom. The molecular formula is C22H22F4N2O6S. The molecule has 1 saturated heterocycles. The summed E-state index contributed by atoms with van der Waals surface area (Å²) < 4.78 is 89.6. The number of aliphatic hydroxyl groups is 1. The van der Waals surface area contributed by atoms with Crippen LogP contribution >= 0.6 is 0 Å². The highest BCUT2D eigenvalue weighted by atomic mass is 32.2. The molecule has 2 aliphatic rings. The number of hydrogen-bond acceptors (Lipinski definition) is 6. The van der Waals surface area contributed by atoms with E-state index in [1.54, 1.807) is 17.4 Å². The van der Waals surface area contributed by atoms with E-state index in [0.717, 1.165) is 24.3 Å². The Kier molecular flexibility index (Phi) is 6.93. The Morgan fingerprint density at radius 2 is 1.86 bits per heavy atom. The number of sulfonamides is 1. The number of fused-ring (bicyclic) bond motifs is 3. The molecule has 0 aromatic heterocycles. The molecule has 0 bridgehead atoms. The lowest BCUT2D eigenvalue weighted by Gasteiger charge is -2.37. The molecule has 2 aromatic rings. The largest absolute Gasteiger partial charge is 0.487 e. The first-order valence-electron chi connectivity index (χ1n) is 10.6. The molecule has 1 amide bonds. The summed E-state index contributed by atoms with van der Waals surface area (Å²) in [6, 6.07) is 8.90. The van der Waals surface area contributed by atoms with Gasteiger partial charge in [0.25, 0.3) is 10.0 Å². The van der Waals surface area contributed by atoms with Gasteiger partial charge < -0.3 is 19.9 Å². The average Bonchev–Trinajstić information content (AvgIpc) is 3.15. The molecule has 0 unspecified atom stereocenters. The number of rotatable bonds is 7. The van der Waals surface area contributed by atoms with E-state index in [0.29, 0.717) is 11.3 Å². The zero-order valence-corrected chi connectivity index (χ0v) is 18.9. The van der Waals surface area contributed by atoms with Crippen molar-refractivity contribution in [2.24, 2.45) is 0 Å². The minimum atomic E-state index is -4.54. The Labute approximate surface area is 198 Å². The minimum Gasteiger partial charge on any atom is -0.487 e. The number of benzene rings is 2. The third kappa shape index (κ3) is 5.85. The maximum atomic E-state index is 13.1. The van der Waals surface area contributed by atoms with Gasteiger partial charge in [-0.2, -0.15) is 13.2 Å². The summed E-state index contributed by atoms with van der Waals surface area (Å²) in [5.41, 5.74) is 0.820. The molecule has 190 valence electrons. The molecule has 0 aliphatic carbocycles. The number of aliphatic hydroxyl groups excluding tert-OH is 1. The van der Waals surface area contributed by atoms with Crippen molar-refractivity contribution in [2.45, 2.75) is 48.1 Å². The van der Waals surface area contributed by atoms with Gasteiger partial charge in [-0.25, -0.2) is 12.8 Å². The second-order valence-electron chi connectivity index (χ2n) is 8.31. The molecule has 0 radical (unpaired) electrons. The number of anilines is 1. The summed E-state index contributed by atoms with van der Waals surface area (Å²) in [4.78, 5) is 11.8. The van der Waals surface area contributed by atoms with E-state index in [9.17, 15) is 35.9 Å². The molecule has 13 heteroatoms. The highest BCUT2D eigenvalue weighted by Gasteiger charge is 2.46. The fraction of sp³-hybridized carbons (Fsp3) is 0.409. The molecule has 0 saturated carbocycles. The summed E-state index contributed by atoms with van der Waals surface area (Å²) in [5.74, 6) is -1.38. The number of carbonyl (C=O) groups excluding carboxylic acids is 1. The Morgan fingerprint density at radius 1 is 1.14 bits per heavy atom. The smallest absolute Gasteiger partial charge is 0.405 e. The molecule has 2 aromatic carbocycles. The van der Waals surface area contributed by atoms with Crippen molar-refractivity contribution in [3.63, 3.8) is 0 Å². The lowest BCUT2D eigenvalue weighted by molar-refractivity contribution is -0.149. The number of amides is 1. The fourth-order valence-corrected chi connectivity index (χ4v) is 5.31. The van der Waals surface area contributed by atoms with Gasteiger partial charge >= 0.3 is 6.18 Å². The predicted octanol–water partition coefficient (Wildman–Crippen LogP) is 2.69. The van der Waals surface area contributed by atoms with E-state index >= 15 is 0 Å². The topological polar surface area (TPSA) is 114 Å². The van der Waals surface area contributed by atoms with Crippen molar-refractivity contribution in [1.82, 2.24) is 5.32 Å². The van der Waals surface area contributed by atoms with E-state index in [4.69, 9.17) is 9.47 Å². The van der Waals surface area contributed by atoms with Crippen LogP contribution in [-0.4, -0.2) is 57.1 Å². The van der Waals surface area contributed by atoms with Gasteiger partial charge in [0.05, 0.1) is 24.0 Å². The van der Waals surface area contributed by atoms with Gasteiger partial charge in [-0.05, 0) is 48.9 Å². The van der Waals surface area contributed by atoms with Crippen LogP contribution in [0.4, 0.5) is 23.2 Å². The van der Waals surface area contributed by atoms with Crippen LogP contribution in [0.2, 0.25) is 0 Å². The standard InChI is InChI=1S/C22H22F4N2O6S/c23-12-1-4-15(5-2-12)35(31,32)28-13-3-6-18-16(7-13)17-8-14(33-19(10-29)21(17)34-18)9-20(30)27-11-22(24,25)26/h1-7,14,17,19,21,28-29H,8-11H2,(H,27,30)/t14-,17+,19-,21-/m0/s1. The quantitative estimate of drug-likeness (QED) is 0.486. The lowest BCUT2D eigenvalue weighted by Crippen LogP contribution is -2.47. The normalized spacial score (nSPS) is 23.7. The summed E-state index contributed by atoms with van der Waals surface area (Å²) in [7, 11) is -4.00. The van der Waals surface area contributed by atoms with Crippen molar-refractivity contribution < 1.29 is 45.4 Å². The molecule has 4 rings (SSSR count). The van der Waals surface area contributed by atoms with E-state index < -0.39 is 65.3 Å². The molecular weight excluding hydrogens is 496 g/mol. The van der Waals surface area contributed by atoms with Gasteiger partial charge in [-0.15, -0.1) is 0 Å². The Bertz CT molecular complexity index is 1190. The van der Waals surface area contributed by atoms with Crippen LogP contribution in [0.15, 0.2) is 47.4 Å². The van der Waals surface area contributed by atoms with Crippen LogP contribution in [0.5, 0.6) is 5.75 Å². The van der Waals surface area contributed by atoms with Crippen LogP contribution in [0, 0.1) is 5.82 Å². The van der Waals surface area contributed by atoms with Crippen molar-refractivity contribution in [3.8, 4) is 5.75 Å². The number of carbonyl (C=O) groups is 1. The summed E-state index contributed by atoms with van der Waals surface area (Å²) in [5, 5.41) is 11.6. The molecule has 2 heterocycles. The highest BCUT2D eigenvalue weighted by molar-refractivity contribution is 7.92. The third-order valence-electron chi connectivity index (χ3n) is 5.77. The van der Waals surface area contributed by atoms with Gasteiger partial charge in [-0.1, -0.05) is 0 Å². The van der Waals surface area contributed by atoms with E-state index in [1.165, 1.54) is 6.07 Å². The molecule has 3 N–H and O–H groups in total. The maximum absolute atomic E-state index is 13.1. The van der Waals surface area contributed by atoms with Gasteiger partial charge in [0, 0.05) is 17.2 Å². The van der Waals surface area contributed by atoms with Crippen LogP contribution in [-0.2, 0) is 19.6 Å². The number of hydrogen-bond donors (Lipinski definition) is 3. The second-order valence-corrected chi connectivity index (χ2v) is 9.99. The minimum absolute atomic E-state index is 0.134. The fourth-order valence-electron chi connectivity index (χ4n) is 4.26. The van der Waals surface area contributed by atoms with Crippen LogP contribution in [0.3, 0.4) is 0 Å². The van der Waals surface area contributed by atoms with Crippen molar-refractivity contribution >= 4 is 21.6 Å². The number of ether oxygens (including phenoxy) is 2. The average molecular weight is 518 g/mol. The highest BCUT2D eigenvalue weighted by Crippen LogP contribution is 2.47. The van der Waals surface area contributed by atoms with Crippen molar-refractivity contribution in [1.29, 1.82) is 0 Å². The SMILES string of the molecule is O=C(C[C@@H]1C[C@@H]2c3cc(NS(=O)(=O)c4ccc(F)cc4)ccc3O[C@@H]2[C@H](CO)O1)NCC(F)(F)F. The summed E-state index contributed by atoms with van der Waals surface area (Å²) >= 11 is 0. The van der Waals surface area contributed by atoms with Crippen LogP contribution in [0.25, 0.3) is 0 Å². The number of halogens is 4. The monoisotopic (exact) mass is 518 g/mol. The van der Waals surface area contributed by atoms with Gasteiger partial charge in [0.2, 0.25) is 5.91 Å². The number of nitrogens with one attached hydrogen (secondary N) is 2. The second kappa shape index (κ2) is 9.63. The van der Waals surface area contributed by atoms with Crippen LogP contribution < -0.4 is 14.8 Å². The van der Waals surface area contributed by atoms with Gasteiger partial charge in [0.15, 0.2) is 0 Å². The molecule has 1 fully saturated rings. The first-order chi connectivity index (χ1) is 16.4. The van der Waals surface area contributed by atoms with Crippen LogP contribution in [0.1, 0.15) is 24.3 Å². The van der Waals surface area contributed by atoms with Gasteiger partial charge in [0.1, 0.15) is 30.3 Å². The molecule has 2 aliphatic heterocycles. The molecule has 35 heavy (non-hydrogen) atoms. The molecule has 0 spiro atoms. The van der Waals surface area contributed by atoms with E-state index in [-0.39, 0.29) is 23.4 Å². The first kappa shape index (κ1) is 25.2. The summed E-state index contributed by atoms with van der Waals surface area (Å²) in [6.07, 6.45) is -6.91. The van der Waals surface area contributed by atoms with Crippen molar-refractivity contribution in [3.05, 3.63) is 53.8 Å². The van der Waals surface area contributed by atoms with E-state index in [1.807, 2.05) is 0 Å². The number of alkyl halides is 3. The van der Waals surface area contributed by atoms with E-state index in [2.05, 4.69) is 4.72 Å². The van der Waals surface area contributed by atoms with Crippen molar-refractivity contribution in [2.75, 3.05) is 17.9 Å². The third-order valence-corrected chi connectivity index (χ3v) is 7.17. The van der Waals surface area contributed by atoms with Gasteiger partial charge in [-0.3, -0.25) is 9.52 Å². The first-order valence-corrected chi connectivity index (χ1v) is 12.1. The Balaban J connectivity index is 1.51. The zero-order valence-electron chi connectivity index (χ0n) is 18.1. The lowest BCUT2D eigenvalue weighted by atomic mass is 9.84. The predicted molar refractivity (Wildman–Crippen MR) is 115 cm³/mol. The summed E-state index contributed by atoms with van der Waals surface area (Å²) in [6.45, 7) is -1.91. The molecule has 8 nitrogen and oxygen atoms in total. The molecule has 4 atom stereocenters. The Hall–Kier alpha value is -2.90. The zero-order chi connectivity index (χ0) is 25.4.